The van der Waals surface area contributed by atoms with Crippen LogP contribution in [0.4, 0.5) is 0 Å². The Hall–Kier alpha value is -1.67. The van der Waals surface area contributed by atoms with Gasteiger partial charge >= 0.3 is 0 Å². The van der Waals surface area contributed by atoms with Crippen molar-refractivity contribution in [1.29, 1.82) is 0 Å². The van der Waals surface area contributed by atoms with Crippen LogP contribution in [0.5, 0.6) is 0 Å². The van der Waals surface area contributed by atoms with E-state index in [9.17, 15) is 19.5 Å². The number of hydrogen-bond acceptors (Lipinski definition) is 6. The molecule has 0 spiro atoms. The van der Waals surface area contributed by atoms with Gasteiger partial charge in [-0.05, 0) is 39.5 Å². The zero-order chi connectivity index (χ0) is 34.8. The van der Waals surface area contributed by atoms with Crippen molar-refractivity contribution in [3.63, 3.8) is 0 Å². The molecular weight excluding hydrogens is 592 g/mol. The molecule has 2 fully saturated rings. The van der Waals surface area contributed by atoms with Gasteiger partial charge < -0.3 is 30.0 Å². The van der Waals surface area contributed by atoms with E-state index in [2.05, 4.69) is 24.5 Å². The largest absolute Gasteiger partial charge is 0.550 e. The quantitative estimate of drug-likeness (QED) is 0.101. The summed E-state index contributed by atoms with van der Waals surface area (Å²) in [6, 6.07) is -0.794. The van der Waals surface area contributed by atoms with Crippen molar-refractivity contribution < 1.29 is 29.0 Å². The van der Waals surface area contributed by atoms with Gasteiger partial charge in [0.25, 0.3) is 0 Å². The highest BCUT2D eigenvalue weighted by atomic mass is 16.7. The zero-order valence-corrected chi connectivity index (χ0v) is 31.2. The topological polar surface area (TPSA) is 117 Å². The molecule has 1 heterocycles. The highest BCUT2D eigenvalue weighted by molar-refractivity contribution is 5.84. The molecule has 3 unspecified atom stereocenters. The van der Waals surface area contributed by atoms with E-state index in [0.29, 0.717) is 19.4 Å². The molecule has 274 valence electrons. The summed E-state index contributed by atoms with van der Waals surface area (Å²) in [7, 11) is 0. The molecule has 2 amide bonds. The number of nitrogens with one attached hydrogen (secondary N) is 2. The first kappa shape index (κ1) is 41.5. The van der Waals surface area contributed by atoms with Crippen LogP contribution in [0.3, 0.4) is 0 Å². The molecule has 1 aliphatic heterocycles. The Kier molecular flexibility index (Phi) is 18.9. The van der Waals surface area contributed by atoms with Gasteiger partial charge in [-0.3, -0.25) is 9.59 Å². The number of amides is 2. The number of carbonyl (C=O) groups excluding carboxylic acids is 3. The van der Waals surface area contributed by atoms with Crippen molar-refractivity contribution in [2.24, 2.45) is 11.3 Å². The Morgan fingerprint density at radius 3 is 1.79 bits per heavy atom. The second-order valence-corrected chi connectivity index (χ2v) is 15.9. The Bertz CT molecular complexity index is 913. The number of carboxylic acid groups (broad SMARTS) is 1. The number of aliphatic carboxylic acids is 1. The van der Waals surface area contributed by atoms with Crippen molar-refractivity contribution in [3.8, 4) is 0 Å². The molecule has 2 N–H and O–H groups in total. The van der Waals surface area contributed by atoms with Crippen molar-refractivity contribution in [1.82, 2.24) is 10.6 Å². The minimum absolute atomic E-state index is 0.00943. The maximum atomic E-state index is 13.9. The van der Waals surface area contributed by atoms with Crippen LogP contribution in [0.2, 0.25) is 0 Å². The summed E-state index contributed by atoms with van der Waals surface area (Å²) in [6.07, 6.45) is 23.6. The van der Waals surface area contributed by atoms with Crippen LogP contribution in [-0.4, -0.2) is 47.9 Å². The molecule has 1 saturated carbocycles. The second-order valence-electron chi connectivity index (χ2n) is 15.9. The number of hydrogen-bond donors (Lipinski definition) is 2. The lowest BCUT2D eigenvalue weighted by atomic mass is 9.74. The van der Waals surface area contributed by atoms with Crippen molar-refractivity contribution in [3.05, 3.63) is 0 Å². The van der Waals surface area contributed by atoms with Crippen LogP contribution in [-0.2, 0) is 23.9 Å². The van der Waals surface area contributed by atoms with E-state index in [4.69, 9.17) is 9.47 Å². The van der Waals surface area contributed by atoms with Crippen LogP contribution in [0.1, 0.15) is 189 Å². The predicted molar refractivity (Wildman–Crippen MR) is 188 cm³/mol. The van der Waals surface area contributed by atoms with Gasteiger partial charge in [-0.15, -0.1) is 0 Å². The van der Waals surface area contributed by atoms with Gasteiger partial charge in [0.1, 0.15) is 6.10 Å². The monoisotopic (exact) mass is 664 g/mol. The van der Waals surface area contributed by atoms with E-state index in [1.54, 1.807) is 13.8 Å². The summed E-state index contributed by atoms with van der Waals surface area (Å²) < 4.78 is 11.9. The Morgan fingerprint density at radius 1 is 0.745 bits per heavy atom. The molecule has 0 aromatic heterocycles. The van der Waals surface area contributed by atoms with E-state index in [1.165, 1.54) is 77.0 Å². The van der Waals surface area contributed by atoms with Crippen molar-refractivity contribution in [2.45, 2.75) is 213 Å². The van der Waals surface area contributed by atoms with E-state index in [-0.39, 0.29) is 24.2 Å². The van der Waals surface area contributed by atoms with E-state index >= 15 is 0 Å². The standard InChI is InChI=1S/C39H72N2O6/c1-7-9-10-11-12-13-14-15-16-17-18-19-20-22-26-31(25-8-2)35(44)41-39(27-23-21-24-28-39)32(29-33(42)43)40-36(45)34-37(3,4)30-46-38(5,6)47-34/h31-32,34H,7-30H2,1-6H3,(H,40,45)(H,41,44)(H,42,43)/p-1. The predicted octanol–water partition coefficient (Wildman–Crippen LogP) is 7.90. The molecule has 2 rings (SSSR count). The van der Waals surface area contributed by atoms with Gasteiger partial charge in [-0.2, -0.15) is 0 Å². The molecule has 0 radical (unpaired) electrons. The lowest BCUT2D eigenvalue weighted by molar-refractivity contribution is -0.307. The molecular formula is C39H71N2O6-. The van der Waals surface area contributed by atoms with Crippen LogP contribution in [0, 0.1) is 11.3 Å². The smallest absolute Gasteiger partial charge is 0.250 e. The summed E-state index contributed by atoms with van der Waals surface area (Å²) in [5.41, 5.74) is -1.44. The first-order chi connectivity index (χ1) is 22.4. The Morgan fingerprint density at radius 2 is 1.28 bits per heavy atom. The molecule has 3 atom stereocenters. The van der Waals surface area contributed by atoms with E-state index < -0.39 is 34.9 Å². The lowest BCUT2D eigenvalue weighted by Crippen LogP contribution is -2.67. The highest BCUT2D eigenvalue weighted by Gasteiger charge is 2.48. The molecule has 47 heavy (non-hydrogen) atoms. The van der Waals surface area contributed by atoms with E-state index in [0.717, 1.165) is 51.4 Å². The summed E-state index contributed by atoms with van der Waals surface area (Å²) in [6.45, 7) is 12.1. The average Bonchev–Trinajstić information content (AvgIpc) is 3.01. The molecule has 8 nitrogen and oxygen atoms in total. The Balaban J connectivity index is 1.93. The lowest BCUT2D eigenvalue weighted by Gasteiger charge is -2.48. The van der Waals surface area contributed by atoms with Crippen LogP contribution in [0.25, 0.3) is 0 Å². The third-order valence-electron chi connectivity index (χ3n) is 10.5. The normalized spacial score (nSPS) is 21.4. The minimum atomic E-state index is -1.24. The number of carboxylic acids is 1. The summed E-state index contributed by atoms with van der Waals surface area (Å²) >= 11 is 0. The van der Waals surface area contributed by atoms with Gasteiger partial charge in [0, 0.05) is 23.7 Å². The maximum absolute atomic E-state index is 13.9. The molecule has 2 aliphatic rings. The summed E-state index contributed by atoms with van der Waals surface area (Å²) in [5, 5.41) is 18.4. The molecule has 1 aliphatic carbocycles. The van der Waals surface area contributed by atoms with Crippen molar-refractivity contribution in [2.75, 3.05) is 6.61 Å². The van der Waals surface area contributed by atoms with E-state index in [1.807, 2.05) is 13.8 Å². The third kappa shape index (κ3) is 15.2. The fraction of sp³-hybridized carbons (Fsp3) is 0.923. The summed E-state index contributed by atoms with van der Waals surface area (Å²) in [4.78, 5) is 39.7. The number of carbonyl (C=O) groups is 3. The van der Waals surface area contributed by atoms with Crippen molar-refractivity contribution >= 4 is 17.8 Å². The van der Waals surface area contributed by atoms with Gasteiger partial charge in [0.2, 0.25) is 11.8 Å². The molecule has 0 bridgehead atoms. The first-order valence-electron chi connectivity index (χ1n) is 19.5. The average molecular weight is 664 g/mol. The first-order valence-corrected chi connectivity index (χ1v) is 19.5. The Labute approximate surface area is 287 Å². The fourth-order valence-electron chi connectivity index (χ4n) is 7.55. The number of unbranched alkanes of at least 4 members (excludes halogenated alkanes) is 13. The number of rotatable bonds is 24. The molecule has 8 heteroatoms. The molecule has 0 aromatic rings. The van der Waals surface area contributed by atoms with Crippen LogP contribution in [0.15, 0.2) is 0 Å². The SMILES string of the molecule is CCCCCCCCCCCCCCCCC(CCC)C(=O)NC1(C(CC(=O)[O-])NC(=O)C2OC(C)(C)OCC2(C)C)CCCCC1. The summed E-state index contributed by atoms with van der Waals surface area (Å²) in [5.74, 6) is -2.67. The van der Waals surface area contributed by atoms with Gasteiger partial charge in [-0.25, -0.2) is 0 Å². The van der Waals surface area contributed by atoms with Gasteiger partial charge in [-0.1, -0.05) is 143 Å². The highest BCUT2D eigenvalue weighted by Crippen LogP contribution is 2.37. The van der Waals surface area contributed by atoms with Gasteiger partial charge in [0.05, 0.1) is 18.2 Å². The fourth-order valence-corrected chi connectivity index (χ4v) is 7.55. The molecule has 1 saturated heterocycles. The maximum Gasteiger partial charge on any atom is 0.250 e. The third-order valence-corrected chi connectivity index (χ3v) is 10.5. The zero-order valence-electron chi connectivity index (χ0n) is 31.2. The minimum Gasteiger partial charge on any atom is -0.550 e. The molecule has 0 aromatic carbocycles. The van der Waals surface area contributed by atoms with Gasteiger partial charge in [0.15, 0.2) is 5.79 Å². The number of ether oxygens (including phenoxy) is 2. The second kappa shape index (κ2) is 21.4. The van der Waals surface area contributed by atoms with Crippen LogP contribution >= 0.6 is 0 Å². The van der Waals surface area contributed by atoms with Crippen LogP contribution < -0.4 is 15.7 Å².